The first-order valence-electron chi connectivity index (χ1n) is 4.92. The molecule has 3 rings (SSSR count). The van der Waals surface area contributed by atoms with Gasteiger partial charge in [0.2, 0.25) is 0 Å². The van der Waals surface area contributed by atoms with Gasteiger partial charge in [0.15, 0.2) is 0 Å². The highest BCUT2D eigenvalue weighted by Crippen LogP contribution is 2.42. The van der Waals surface area contributed by atoms with Crippen molar-refractivity contribution >= 4 is 19.7 Å². The fraction of sp³-hybridized carbons (Fsp3) is 0.273. The summed E-state index contributed by atoms with van der Waals surface area (Å²) in [6, 6.07) is 6.81. The molecule has 0 N–H and O–H groups in total. The highest BCUT2D eigenvalue weighted by atomic mass is 16.2. The number of carbonyl (C=O) groups is 2. The van der Waals surface area contributed by atoms with Gasteiger partial charge >= 0.3 is 0 Å². The highest BCUT2D eigenvalue weighted by Gasteiger charge is 2.47. The first-order valence-corrected chi connectivity index (χ1v) is 4.92. The van der Waals surface area contributed by atoms with Gasteiger partial charge in [-0.15, -0.1) is 0 Å². The largest absolute Gasteiger partial charge is 0.272 e. The van der Waals surface area contributed by atoms with E-state index in [-0.39, 0.29) is 23.7 Å². The molecule has 1 aliphatic carbocycles. The second-order valence-corrected chi connectivity index (χ2v) is 3.99. The van der Waals surface area contributed by atoms with Crippen LogP contribution < -0.4 is 0 Å². The standard InChI is InChI=1S/C11H8BNO2/c12-8-5-9(8)13-10(14)6-3-1-2-4-7(6)11(13)15/h1-4,8-9H,5H2/t8-,9?/m0/s1. The highest BCUT2D eigenvalue weighted by molar-refractivity contribution is 6.23. The third-order valence-electron chi connectivity index (χ3n) is 2.96. The van der Waals surface area contributed by atoms with E-state index in [4.69, 9.17) is 7.85 Å². The molecule has 4 heteroatoms. The zero-order chi connectivity index (χ0) is 10.6. The SMILES string of the molecule is [B][C@H]1CC1N1C(=O)c2ccccc2C1=O. The Morgan fingerprint density at radius 1 is 1.13 bits per heavy atom. The third kappa shape index (κ3) is 1.08. The van der Waals surface area contributed by atoms with Gasteiger partial charge in [-0.3, -0.25) is 14.5 Å². The fourth-order valence-corrected chi connectivity index (χ4v) is 2.01. The molecule has 1 aromatic rings. The van der Waals surface area contributed by atoms with E-state index >= 15 is 0 Å². The van der Waals surface area contributed by atoms with Crippen LogP contribution in [0.25, 0.3) is 0 Å². The van der Waals surface area contributed by atoms with Crippen molar-refractivity contribution in [1.82, 2.24) is 4.90 Å². The summed E-state index contributed by atoms with van der Waals surface area (Å²) >= 11 is 0. The molecule has 72 valence electrons. The lowest BCUT2D eigenvalue weighted by molar-refractivity contribution is 0.0642. The van der Waals surface area contributed by atoms with Crippen LogP contribution in [-0.2, 0) is 0 Å². The molecule has 1 fully saturated rings. The maximum atomic E-state index is 11.9. The summed E-state index contributed by atoms with van der Waals surface area (Å²) in [5.41, 5.74) is 1.00. The summed E-state index contributed by atoms with van der Waals surface area (Å²) in [5.74, 6) is -0.436. The van der Waals surface area contributed by atoms with Gasteiger partial charge < -0.3 is 0 Å². The van der Waals surface area contributed by atoms with Crippen LogP contribution >= 0.6 is 0 Å². The average Bonchev–Trinajstić information content (AvgIpc) is 2.89. The molecule has 0 aromatic heterocycles. The molecule has 0 spiro atoms. The number of amides is 2. The van der Waals surface area contributed by atoms with Gasteiger partial charge in [0, 0.05) is 6.04 Å². The molecular formula is C11H8BNO2. The van der Waals surface area contributed by atoms with E-state index in [1.807, 2.05) is 0 Å². The molecular weight excluding hydrogens is 189 g/mol. The van der Waals surface area contributed by atoms with Gasteiger partial charge in [-0.05, 0) is 18.6 Å². The maximum Gasteiger partial charge on any atom is 0.261 e. The quantitative estimate of drug-likeness (QED) is 0.497. The molecule has 1 heterocycles. The summed E-state index contributed by atoms with van der Waals surface area (Å²) in [5, 5.41) is 0. The number of imide groups is 1. The van der Waals surface area contributed by atoms with Gasteiger partial charge in [0.05, 0.1) is 19.0 Å². The zero-order valence-corrected chi connectivity index (χ0v) is 8.01. The monoisotopic (exact) mass is 197 g/mol. The van der Waals surface area contributed by atoms with Crippen molar-refractivity contribution in [3.63, 3.8) is 0 Å². The Hall–Kier alpha value is -1.58. The number of hydrogen-bond donors (Lipinski definition) is 0. The molecule has 2 aliphatic rings. The summed E-state index contributed by atoms with van der Waals surface area (Å²) in [6.07, 6.45) is 0.728. The summed E-state index contributed by atoms with van der Waals surface area (Å²) in [6.45, 7) is 0. The number of hydrogen-bond acceptors (Lipinski definition) is 2. The predicted octanol–water partition coefficient (Wildman–Crippen LogP) is 1.01. The van der Waals surface area contributed by atoms with Crippen LogP contribution in [0.3, 0.4) is 0 Å². The third-order valence-corrected chi connectivity index (χ3v) is 2.96. The molecule has 0 bridgehead atoms. The summed E-state index contributed by atoms with van der Waals surface area (Å²) < 4.78 is 0. The predicted molar refractivity (Wildman–Crippen MR) is 54.9 cm³/mol. The summed E-state index contributed by atoms with van der Waals surface area (Å²) in [4.78, 5) is 25.1. The molecule has 3 nitrogen and oxygen atoms in total. The van der Waals surface area contributed by atoms with Crippen LogP contribution in [0.15, 0.2) is 24.3 Å². The lowest BCUT2D eigenvalue weighted by Gasteiger charge is -2.12. The Morgan fingerprint density at radius 2 is 1.60 bits per heavy atom. The minimum absolute atomic E-state index is 0.0350. The Bertz CT molecular complexity index is 436. The number of benzene rings is 1. The van der Waals surface area contributed by atoms with E-state index in [2.05, 4.69) is 0 Å². The van der Waals surface area contributed by atoms with Gasteiger partial charge in [-0.2, -0.15) is 0 Å². The number of fused-ring (bicyclic) bond motifs is 1. The van der Waals surface area contributed by atoms with Crippen molar-refractivity contribution in [3.05, 3.63) is 35.4 Å². The number of rotatable bonds is 1. The Balaban J connectivity index is 2.05. The van der Waals surface area contributed by atoms with E-state index in [9.17, 15) is 9.59 Å². The molecule has 2 radical (unpaired) electrons. The van der Waals surface area contributed by atoms with Crippen LogP contribution in [-0.4, -0.2) is 30.6 Å². The first-order chi connectivity index (χ1) is 7.20. The van der Waals surface area contributed by atoms with Crippen LogP contribution in [0.4, 0.5) is 0 Å². The molecule has 0 saturated heterocycles. The van der Waals surface area contributed by atoms with Gasteiger partial charge in [-0.1, -0.05) is 17.9 Å². The number of nitrogens with zero attached hydrogens (tertiary/aromatic N) is 1. The smallest absolute Gasteiger partial charge is 0.261 e. The second-order valence-electron chi connectivity index (χ2n) is 3.99. The molecule has 1 unspecified atom stereocenters. The van der Waals surface area contributed by atoms with Crippen LogP contribution in [0, 0.1) is 0 Å². The zero-order valence-electron chi connectivity index (χ0n) is 8.01. The van der Waals surface area contributed by atoms with E-state index in [0.717, 1.165) is 6.42 Å². The van der Waals surface area contributed by atoms with Crippen molar-refractivity contribution < 1.29 is 9.59 Å². The van der Waals surface area contributed by atoms with Gasteiger partial charge in [0.25, 0.3) is 11.8 Å². The fourth-order valence-electron chi connectivity index (χ4n) is 2.01. The molecule has 1 aromatic carbocycles. The van der Waals surface area contributed by atoms with E-state index < -0.39 is 0 Å². The number of carbonyl (C=O) groups excluding carboxylic acids is 2. The first kappa shape index (κ1) is 8.71. The minimum atomic E-state index is -0.200. The lowest BCUT2D eigenvalue weighted by atomic mass is 10.0. The molecule has 2 amide bonds. The lowest BCUT2D eigenvalue weighted by Crippen LogP contribution is -2.32. The van der Waals surface area contributed by atoms with Crippen molar-refractivity contribution in [2.24, 2.45) is 0 Å². The molecule has 15 heavy (non-hydrogen) atoms. The normalized spacial score (nSPS) is 28.1. The van der Waals surface area contributed by atoms with Crippen LogP contribution in [0.5, 0.6) is 0 Å². The molecule has 1 saturated carbocycles. The van der Waals surface area contributed by atoms with E-state index in [1.165, 1.54) is 4.90 Å². The van der Waals surface area contributed by atoms with E-state index in [0.29, 0.717) is 11.1 Å². The van der Waals surface area contributed by atoms with Crippen LogP contribution in [0.1, 0.15) is 27.1 Å². The van der Waals surface area contributed by atoms with Crippen molar-refractivity contribution in [3.8, 4) is 0 Å². The molecule has 2 atom stereocenters. The Labute approximate surface area is 88.5 Å². The Kier molecular flexibility index (Phi) is 1.58. The van der Waals surface area contributed by atoms with Gasteiger partial charge in [-0.25, -0.2) is 0 Å². The average molecular weight is 197 g/mol. The Morgan fingerprint density at radius 3 is 2.00 bits per heavy atom. The van der Waals surface area contributed by atoms with Crippen molar-refractivity contribution in [2.75, 3.05) is 0 Å². The maximum absolute atomic E-state index is 11.9. The topological polar surface area (TPSA) is 37.4 Å². The van der Waals surface area contributed by atoms with Crippen LogP contribution in [0.2, 0.25) is 5.82 Å². The summed E-state index contributed by atoms with van der Waals surface area (Å²) in [7, 11) is 5.66. The van der Waals surface area contributed by atoms with E-state index in [1.54, 1.807) is 24.3 Å². The van der Waals surface area contributed by atoms with Crippen molar-refractivity contribution in [2.45, 2.75) is 18.3 Å². The molecule has 1 aliphatic heterocycles. The minimum Gasteiger partial charge on any atom is -0.272 e. The second kappa shape index (κ2) is 2.72. The van der Waals surface area contributed by atoms with Crippen molar-refractivity contribution in [1.29, 1.82) is 0 Å². The van der Waals surface area contributed by atoms with Gasteiger partial charge in [0.1, 0.15) is 0 Å².